The summed E-state index contributed by atoms with van der Waals surface area (Å²) < 4.78 is 1.03. The number of hydrogen-bond donors (Lipinski definition) is 2. The molecule has 27 heavy (non-hydrogen) atoms. The van der Waals surface area contributed by atoms with Crippen LogP contribution in [0.25, 0.3) is 21.1 Å². The van der Waals surface area contributed by atoms with Gasteiger partial charge < -0.3 is 10.2 Å². The van der Waals surface area contributed by atoms with Gasteiger partial charge in [0.1, 0.15) is 6.04 Å². The van der Waals surface area contributed by atoms with Crippen molar-refractivity contribution in [2.24, 2.45) is 0 Å². The molecule has 2 aromatic heterocycles. The topological polar surface area (TPSA) is 73.9 Å². The maximum Gasteiger partial charge on any atom is 0.248 e. The van der Waals surface area contributed by atoms with Crippen LogP contribution in [-0.2, 0) is 4.79 Å². The number of aromatic nitrogens is 3. The zero-order valence-electron chi connectivity index (χ0n) is 14.3. The second kappa shape index (κ2) is 6.51. The fraction of sp³-hybridized carbons (Fsp3) is 0.211. The summed E-state index contributed by atoms with van der Waals surface area (Å²) in [6.45, 7) is 0.856. The number of H-pyrrole nitrogens is 1. The summed E-state index contributed by atoms with van der Waals surface area (Å²) in [5.41, 5.74) is 2.85. The molecule has 2 aromatic carbocycles. The van der Waals surface area contributed by atoms with Gasteiger partial charge in [-0.25, -0.2) is 4.98 Å². The molecule has 0 spiro atoms. The van der Waals surface area contributed by atoms with Gasteiger partial charge in [-0.3, -0.25) is 9.89 Å². The molecule has 1 saturated heterocycles. The summed E-state index contributed by atoms with van der Waals surface area (Å²) in [5, 5.41) is 12.4. The Bertz CT molecular complexity index is 1140. The van der Waals surface area contributed by atoms with E-state index in [-0.39, 0.29) is 11.9 Å². The minimum absolute atomic E-state index is 0.0232. The molecule has 136 valence electrons. The van der Waals surface area contributed by atoms with Gasteiger partial charge in [-0.05, 0) is 49.2 Å². The first-order chi connectivity index (χ1) is 13.2. The van der Waals surface area contributed by atoms with Gasteiger partial charge in [0.15, 0.2) is 5.13 Å². The van der Waals surface area contributed by atoms with Crippen molar-refractivity contribution in [2.45, 2.75) is 18.9 Å². The Morgan fingerprint density at radius 3 is 2.96 bits per heavy atom. The summed E-state index contributed by atoms with van der Waals surface area (Å²) in [6, 6.07) is 11.3. The summed E-state index contributed by atoms with van der Waals surface area (Å²) in [4.78, 5) is 19.6. The number of aromatic amines is 1. The normalized spacial score (nSPS) is 17.1. The van der Waals surface area contributed by atoms with Gasteiger partial charge in [0, 0.05) is 22.6 Å². The highest BCUT2D eigenvalue weighted by molar-refractivity contribution is 7.23. The first-order valence-corrected chi connectivity index (χ1v) is 9.94. The molecule has 0 saturated carbocycles. The molecule has 0 radical (unpaired) electrons. The van der Waals surface area contributed by atoms with E-state index >= 15 is 0 Å². The van der Waals surface area contributed by atoms with Crippen LogP contribution >= 0.6 is 22.9 Å². The lowest BCUT2D eigenvalue weighted by Gasteiger charge is -2.25. The van der Waals surface area contributed by atoms with Gasteiger partial charge in [0.05, 0.1) is 21.9 Å². The molecule has 6 nitrogen and oxygen atoms in total. The van der Waals surface area contributed by atoms with E-state index in [1.54, 1.807) is 6.20 Å². The zero-order valence-corrected chi connectivity index (χ0v) is 15.8. The minimum Gasteiger partial charge on any atom is -0.360 e. The molecular formula is C19H16ClN5OS. The maximum atomic E-state index is 12.9. The largest absolute Gasteiger partial charge is 0.360 e. The fourth-order valence-electron chi connectivity index (χ4n) is 3.63. The summed E-state index contributed by atoms with van der Waals surface area (Å²) >= 11 is 7.46. The van der Waals surface area contributed by atoms with Crippen molar-refractivity contribution in [2.75, 3.05) is 16.8 Å². The van der Waals surface area contributed by atoms with Crippen molar-refractivity contribution in [3.63, 3.8) is 0 Å². The van der Waals surface area contributed by atoms with E-state index in [4.69, 9.17) is 11.6 Å². The Hall–Kier alpha value is -2.64. The number of thiazole rings is 1. The van der Waals surface area contributed by atoms with Crippen molar-refractivity contribution < 1.29 is 4.79 Å². The van der Waals surface area contributed by atoms with Gasteiger partial charge in [-0.2, -0.15) is 5.10 Å². The van der Waals surface area contributed by atoms with E-state index < -0.39 is 0 Å². The Kier molecular flexibility index (Phi) is 3.98. The van der Waals surface area contributed by atoms with E-state index in [0.29, 0.717) is 10.2 Å². The van der Waals surface area contributed by atoms with E-state index in [9.17, 15) is 4.79 Å². The maximum absolute atomic E-state index is 12.9. The third-order valence-electron chi connectivity index (χ3n) is 4.92. The lowest BCUT2D eigenvalue weighted by atomic mass is 10.2. The van der Waals surface area contributed by atoms with Crippen LogP contribution in [0.3, 0.4) is 0 Å². The third-order valence-corrected chi connectivity index (χ3v) is 6.19. The van der Waals surface area contributed by atoms with Gasteiger partial charge in [0.25, 0.3) is 0 Å². The average molecular weight is 398 g/mol. The molecule has 1 fully saturated rings. The lowest BCUT2D eigenvalue weighted by Crippen LogP contribution is -2.39. The van der Waals surface area contributed by atoms with Crippen molar-refractivity contribution in [3.05, 3.63) is 47.6 Å². The van der Waals surface area contributed by atoms with E-state index in [1.165, 1.54) is 11.3 Å². The average Bonchev–Trinajstić information content (AvgIpc) is 3.40. The van der Waals surface area contributed by atoms with Crippen LogP contribution in [0.2, 0.25) is 5.02 Å². The monoisotopic (exact) mass is 397 g/mol. The molecule has 0 aliphatic carbocycles. The highest BCUT2D eigenvalue weighted by Gasteiger charge is 2.31. The number of benzene rings is 2. The first-order valence-electron chi connectivity index (χ1n) is 8.75. The van der Waals surface area contributed by atoms with Gasteiger partial charge in [-0.15, -0.1) is 0 Å². The van der Waals surface area contributed by atoms with Crippen LogP contribution in [0.5, 0.6) is 0 Å². The predicted molar refractivity (Wildman–Crippen MR) is 110 cm³/mol. The molecule has 3 heterocycles. The highest BCUT2D eigenvalue weighted by Crippen LogP contribution is 2.33. The second-order valence-electron chi connectivity index (χ2n) is 6.58. The number of carbonyl (C=O) groups excluding carboxylic acids is 1. The third kappa shape index (κ3) is 2.93. The van der Waals surface area contributed by atoms with Crippen molar-refractivity contribution in [1.29, 1.82) is 0 Å². The van der Waals surface area contributed by atoms with E-state index in [2.05, 4.69) is 25.4 Å². The van der Waals surface area contributed by atoms with Crippen LogP contribution in [0, 0.1) is 0 Å². The SMILES string of the molecule is O=C(Nc1nc2ccc3[nH]ncc3c2s1)C1CCCN1c1ccc(Cl)cc1. The first kappa shape index (κ1) is 16.5. The number of halogens is 1. The Morgan fingerprint density at radius 2 is 2.11 bits per heavy atom. The van der Waals surface area contributed by atoms with Gasteiger partial charge in [0.2, 0.25) is 5.91 Å². The molecule has 1 atom stereocenters. The van der Waals surface area contributed by atoms with Crippen LogP contribution < -0.4 is 10.2 Å². The van der Waals surface area contributed by atoms with Crippen molar-refractivity contribution in [3.8, 4) is 0 Å². The number of fused-ring (bicyclic) bond motifs is 3. The molecule has 1 aliphatic heterocycles. The van der Waals surface area contributed by atoms with E-state index in [1.807, 2.05) is 36.4 Å². The number of anilines is 2. The summed E-state index contributed by atoms with van der Waals surface area (Å²) in [6.07, 6.45) is 3.60. The molecule has 0 bridgehead atoms. The standard InChI is InChI=1S/C19H16ClN5OS/c20-11-3-5-12(6-4-11)25-9-1-2-16(25)18(26)23-19-22-15-8-7-14-13(10-21-24-14)17(15)27-19/h3-8,10,16H,1-2,9H2,(H,21,24)(H,22,23,26). The number of amides is 1. The molecule has 1 aliphatic rings. The summed E-state index contributed by atoms with van der Waals surface area (Å²) in [7, 11) is 0. The molecule has 5 rings (SSSR count). The Labute approximate surface area is 164 Å². The lowest BCUT2D eigenvalue weighted by molar-refractivity contribution is -0.117. The quantitative estimate of drug-likeness (QED) is 0.536. The van der Waals surface area contributed by atoms with E-state index in [0.717, 1.165) is 46.2 Å². The highest BCUT2D eigenvalue weighted by atomic mass is 35.5. The summed E-state index contributed by atoms with van der Waals surface area (Å²) in [5.74, 6) is -0.0232. The molecular weight excluding hydrogens is 382 g/mol. The smallest absolute Gasteiger partial charge is 0.248 e. The second-order valence-corrected chi connectivity index (χ2v) is 8.02. The zero-order chi connectivity index (χ0) is 18.4. The van der Waals surface area contributed by atoms with Gasteiger partial charge >= 0.3 is 0 Å². The number of nitrogens with zero attached hydrogens (tertiary/aromatic N) is 3. The number of nitrogens with one attached hydrogen (secondary N) is 2. The molecule has 1 unspecified atom stereocenters. The van der Waals surface area contributed by atoms with Gasteiger partial charge in [-0.1, -0.05) is 22.9 Å². The van der Waals surface area contributed by atoms with Crippen molar-refractivity contribution >= 4 is 60.8 Å². The molecule has 1 amide bonds. The Morgan fingerprint density at radius 1 is 1.26 bits per heavy atom. The molecule has 4 aromatic rings. The minimum atomic E-state index is -0.202. The Balaban J connectivity index is 1.40. The van der Waals surface area contributed by atoms with Crippen LogP contribution in [-0.4, -0.2) is 33.7 Å². The van der Waals surface area contributed by atoms with Crippen LogP contribution in [0.4, 0.5) is 10.8 Å². The fourth-order valence-corrected chi connectivity index (χ4v) is 4.73. The van der Waals surface area contributed by atoms with Crippen LogP contribution in [0.1, 0.15) is 12.8 Å². The van der Waals surface area contributed by atoms with Crippen LogP contribution in [0.15, 0.2) is 42.6 Å². The molecule has 2 N–H and O–H groups in total. The number of rotatable bonds is 3. The number of hydrogen-bond acceptors (Lipinski definition) is 5. The predicted octanol–water partition coefficient (Wildman–Crippen LogP) is 4.43. The van der Waals surface area contributed by atoms with Crippen molar-refractivity contribution in [1.82, 2.24) is 15.2 Å². The molecule has 8 heteroatoms. The number of carbonyl (C=O) groups is 1.